The highest BCUT2D eigenvalue weighted by molar-refractivity contribution is 5.90. The molecule has 1 amide bonds. The second-order valence-corrected chi connectivity index (χ2v) is 4.95. The van der Waals surface area contributed by atoms with Crippen LogP contribution >= 0.6 is 0 Å². The van der Waals surface area contributed by atoms with Crippen molar-refractivity contribution in [3.05, 3.63) is 35.9 Å². The number of rotatable bonds is 3. The van der Waals surface area contributed by atoms with Crippen molar-refractivity contribution >= 4 is 11.9 Å². The van der Waals surface area contributed by atoms with Crippen LogP contribution in [-0.4, -0.2) is 17.9 Å². The van der Waals surface area contributed by atoms with E-state index in [0.717, 1.165) is 5.56 Å². The average molecular weight is 247 g/mol. The minimum atomic E-state index is -0.758. The number of benzene rings is 1. The van der Waals surface area contributed by atoms with Crippen LogP contribution < -0.4 is 5.32 Å². The fourth-order valence-corrected chi connectivity index (χ4v) is 2.08. The summed E-state index contributed by atoms with van der Waals surface area (Å²) in [5.41, 5.74) is 0.186. The van der Waals surface area contributed by atoms with Crippen LogP contribution in [0.1, 0.15) is 25.8 Å². The molecule has 1 fully saturated rings. The summed E-state index contributed by atoms with van der Waals surface area (Å²) in [6.45, 7) is 3.84. The van der Waals surface area contributed by atoms with Crippen LogP contribution in [0.25, 0.3) is 0 Å². The van der Waals surface area contributed by atoms with E-state index in [1.165, 1.54) is 0 Å². The lowest BCUT2D eigenvalue weighted by molar-refractivity contribution is -0.157. The summed E-state index contributed by atoms with van der Waals surface area (Å²) in [6, 6.07) is 9.32. The van der Waals surface area contributed by atoms with Crippen molar-refractivity contribution in [1.82, 2.24) is 5.32 Å². The van der Waals surface area contributed by atoms with Gasteiger partial charge in [-0.3, -0.25) is 9.59 Å². The molecular weight excluding hydrogens is 230 g/mol. The van der Waals surface area contributed by atoms with Crippen LogP contribution in [0, 0.1) is 5.41 Å². The van der Waals surface area contributed by atoms with Gasteiger partial charge in [0.1, 0.15) is 6.61 Å². The first-order valence-corrected chi connectivity index (χ1v) is 6.03. The lowest BCUT2D eigenvalue weighted by Crippen LogP contribution is -2.39. The molecule has 1 aromatic rings. The molecule has 4 heteroatoms. The minimum Gasteiger partial charge on any atom is -0.460 e. The molecule has 96 valence electrons. The summed E-state index contributed by atoms with van der Waals surface area (Å²) in [6.07, 6.45) is 0.196. The van der Waals surface area contributed by atoms with Crippen molar-refractivity contribution < 1.29 is 14.3 Å². The van der Waals surface area contributed by atoms with Crippen molar-refractivity contribution in [1.29, 1.82) is 0 Å². The quantitative estimate of drug-likeness (QED) is 0.826. The summed E-state index contributed by atoms with van der Waals surface area (Å²) < 4.78 is 5.30. The molecule has 0 radical (unpaired) electrons. The van der Waals surface area contributed by atoms with Crippen molar-refractivity contribution in [2.45, 2.75) is 32.9 Å². The van der Waals surface area contributed by atoms with E-state index in [0.29, 0.717) is 0 Å². The number of esters is 1. The maximum atomic E-state index is 12.1. The van der Waals surface area contributed by atoms with E-state index in [1.54, 1.807) is 6.92 Å². The Morgan fingerprint density at radius 2 is 2.11 bits per heavy atom. The van der Waals surface area contributed by atoms with Crippen molar-refractivity contribution in [2.24, 2.45) is 5.41 Å². The summed E-state index contributed by atoms with van der Waals surface area (Å²) in [7, 11) is 0. The van der Waals surface area contributed by atoms with Gasteiger partial charge >= 0.3 is 5.97 Å². The van der Waals surface area contributed by atoms with Crippen molar-refractivity contribution in [2.75, 3.05) is 0 Å². The lowest BCUT2D eigenvalue weighted by Gasteiger charge is -2.24. The highest BCUT2D eigenvalue weighted by Gasteiger charge is 2.47. The lowest BCUT2D eigenvalue weighted by atomic mass is 9.83. The molecule has 2 rings (SSSR count). The second kappa shape index (κ2) is 4.80. The third-order valence-corrected chi connectivity index (χ3v) is 3.54. The smallest absolute Gasteiger partial charge is 0.314 e. The molecule has 1 aliphatic rings. The summed E-state index contributed by atoms with van der Waals surface area (Å²) in [5.74, 6) is -0.418. The molecule has 2 atom stereocenters. The van der Waals surface area contributed by atoms with Crippen LogP contribution in [-0.2, 0) is 20.9 Å². The summed E-state index contributed by atoms with van der Waals surface area (Å²) in [5, 5.41) is 2.75. The van der Waals surface area contributed by atoms with Gasteiger partial charge in [-0.1, -0.05) is 30.3 Å². The molecule has 0 saturated carbocycles. The molecule has 0 bridgehead atoms. The van der Waals surface area contributed by atoms with Crippen LogP contribution in [0.15, 0.2) is 30.3 Å². The number of nitrogens with one attached hydrogen (secondary N) is 1. The first-order valence-electron chi connectivity index (χ1n) is 6.03. The van der Waals surface area contributed by atoms with Crippen molar-refractivity contribution in [3.8, 4) is 0 Å². The zero-order valence-corrected chi connectivity index (χ0v) is 10.6. The Bertz CT molecular complexity index is 457. The molecule has 0 aromatic heterocycles. The third-order valence-electron chi connectivity index (χ3n) is 3.54. The van der Waals surface area contributed by atoms with E-state index in [-0.39, 0.29) is 30.9 Å². The van der Waals surface area contributed by atoms with Crippen LogP contribution in [0.2, 0.25) is 0 Å². The maximum Gasteiger partial charge on any atom is 0.314 e. The van der Waals surface area contributed by atoms with Gasteiger partial charge in [0.25, 0.3) is 0 Å². The van der Waals surface area contributed by atoms with Gasteiger partial charge < -0.3 is 10.1 Å². The first kappa shape index (κ1) is 12.6. The summed E-state index contributed by atoms with van der Waals surface area (Å²) >= 11 is 0. The molecular formula is C14H17NO3. The van der Waals surface area contributed by atoms with Crippen LogP contribution in [0.3, 0.4) is 0 Å². The molecule has 1 heterocycles. The van der Waals surface area contributed by atoms with Gasteiger partial charge in [-0.25, -0.2) is 0 Å². The van der Waals surface area contributed by atoms with E-state index in [1.807, 2.05) is 37.3 Å². The van der Waals surface area contributed by atoms with E-state index in [2.05, 4.69) is 5.32 Å². The van der Waals surface area contributed by atoms with Gasteiger partial charge in [0, 0.05) is 12.5 Å². The van der Waals surface area contributed by atoms with E-state index in [4.69, 9.17) is 4.74 Å². The van der Waals surface area contributed by atoms with Crippen LogP contribution in [0.4, 0.5) is 0 Å². The Balaban J connectivity index is 1.98. The van der Waals surface area contributed by atoms with E-state index >= 15 is 0 Å². The number of amides is 1. The van der Waals surface area contributed by atoms with E-state index in [9.17, 15) is 9.59 Å². The van der Waals surface area contributed by atoms with Crippen LogP contribution in [0.5, 0.6) is 0 Å². The first-order chi connectivity index (χ1) is 8.52. The Morgan fingerprint density at radius 3 is 2.67 bits per heavy atom. The predicted octanol–water partition coefficient (Wildman–Crippen LogP) is 1.64. The molecule has 1 aromatic carbocycles. The topological polar surface area (TPSA) is 55.4 Å². The predicted molar refractivity (Wildman–Crippen MR) is 66.6 cm³/mol. The van der Waals surface area contributed by atoms with Gasteiger partial charge in [-0.15, -0.1) is 0 Å². The highest BCUT2D eigenvalue weighted by Crippen LogP contribution is 2.32. The fourth-order valence-electron chi connectivity index (χ4n) is 2.08. The Hall–Kier alpha value is -1.84. The van der Waals surface area contributed by atoms with Gasteiger partial charge in [0.2, 0.25) is 5.91 Å². The number of ether oxygens (including phenoxy) is 1. The van der Waals surface area contributed by atoms with Crippen molar-refractivity contribution in [3.63, 3.8) is 0 Å². The number of carbonyl (C=O) groups is 2. The molecule has 1 saturated heterocycles. The molecule has 0 unspecified atom stereocenters. The zero-order valence-electron chi connectivity index (χ0n) is 10.6. The van der Waals surface area contributed by atoms with Gasteiger partial charge in [-0.2, -0.15) is 0 Å². The monoisotopic (exact) mass is 247 g/mol. The SMILES string of the molecule is C[C@H]1NC(=O)C[C@]1(C)C(=O)OCc1ccccc1. The molecule has 4 nitrogen and oxygen atoms in total. The molecule has 1 N–H and O–H groups in total. The summed E-state index contributed by atoms with van der Waals surface area (Å²) in [4.78, 5) is 23.4. The molecule has 0 aliphatic carbocycles. The van der Waals surface area contributed by atoms with Gasteiger partial charge in [0.05, 0.1) is 5.41 Å². The second-order valence-electron chi connectivity index (χ2n) is 4.95. The standard InChI is InChI=1S/C14H17NO3/c1-10-14(2,8-12(16)15-10)13(17)18-9-11-6-4-3-5-7-11/h3-7,10H,8-9H2,1-2H3,(H,15,16)/t10-,14+/m1/s1. The Labute approximate surface area is 106 Å². The molecule has 18 heavy (non-hydrogen) atoms. The average Bonchev–Trinajstić information content (AvgIpc) is 2.62. The molecule has 1 aliphatic heterocycles. The van der Waals surface area contributed by atoms with E-state index < -0.39 is 5.41 Å². The number of hydrogen-bond acceptors (Lipinski definition) is 3. The van der Waals surface area contributed by atoms with Gasteiger partial charge in [-0.05, 0) is 19.4 Å². The normalized spacial score (nSPS) is 26.8. The largest absolute Gasteiger partial charge is 0.460 e. The zero-order chi connectivity index (χ0) is 13.2. The Morgan fingerprint density at radius 1 is 1.44 bits per heavy atom. The fraction of sp³-hybridized carbons (Fsp3) is 0.429. The minimum absolute atomic E-state index is 0.0957. The maximum absolute atomic E-state index is 12.1. The highest BCUT2D eigenvalue weighted by atomic mass is 16.5. The third kappa shape index (κ3) is 2.37. The number of carbonyl (C=O) groups excluding carboxylic acids is 2. The van der Waals surface area contributed by atoms with Gasteiger partial charge in [0.15, 0.2) is 0 Å². The Kier molecular flexibility index (Phi) is 3.36. The number of hydrogen-bond donors (Lipinski definition) is 1. The molecule has 0 spiro atoms.